The monoisotopic (exact) mass is 309 g/mol. The summed E-state index contributed by atoms with van der Waals surface area (Å²) >= 11 is 0. The van der Waals surface area contributed by atoms with Gasteiger partial charge in [0.15, 0.2) is 9.84 Å². The van der Waals surface area contributed by atoms with Crippen LogP contribution in [-0.4, -0.2) is 42.7 Å². The molecule has 21 heavy (non-hydrogen) atoms. The average molecular weight is 309 g/mol. The summed E-state index contributed by atoms with van der Waals surface area (Å²) < 4.78 is 24.5. The van der Waals surface area contributed by atoms with Crippen molar-refractivity contribution >= 4 is 9.84 Å². The minimum atomic E-state index is -3.20. The van der Waals surface area contributed by atoms with Crippen molar-refractivity contribution in [1.29, 1.82) is 0 Å². The Kier molecular flexibility index (Phi) is 5.11. The normalized spacial score (nSPS) is 13.2. The van der Waals surface area contributed by atoms with Crippen molar-refractivity contribution in [1.82, 2.24) is 15.1 Å². The van der Waals surface area contributed by atoms with Crippen LogP contribution in [0.4, 0.5) is 0 Å². The second kappa shape index (κ2) is 6.84. The minimum Gasteiger partial charge on any atom is -0.387 e. The smallest absolute Gasteiger partial charge is 0.175 e. The minimum absolute atomic E-state index is 0.255. The van der Waals surface area contributed by atoms with E-state index >= 15 is 0 Å². The Morgan fingerprint density at radius 2 is 2.05 bits per heavy atom. The highest BCUT2D eigenvalue weighted by atomic mass is 32.2. The van der Waals surface area contributed by atoms with Gasteiger partial charge in [-0.3, -0.25) is 4.68 Å². The van der Waals surface area contributed by atoms with Gasteiger partial charge in [0.05, 0.1) is 17.5 Å². The summed E-state index contributed by atoms with van der Waals surface area (Å²) in [7, 11) is -3.20. The van der Waals surface area contributed by atoms with Gasteiger partial charge < -0.3 is 10.4 Å². The van der Waals surface area contributed by atoms with Crippen LogP contribution in [0.25, 0.3) is 0 Å². The average Bonchev–Trinajstić information content (AvgIpc) is 2.96. The largest absolute Gasteiger partial charge is 0.387 e. The molecule has 114 valence electrons. The number of hydrogen-bond donors (Lipinski definition) is 2. The Morgan fingerprint density at radius 3 is 2.62 bits per heavy atom. The number of nitrogens with one attached hydrogen (secondary N) is 1. The number of benzene rings is 1. The van der Waals surface area contributed by atoms with Crippen LogP contribution in [0.5, 0.6) is 0 Å². The molecule has 1 atom stereocenters. The highest BCUT2D eigenvalue weighted by Crippen LogP contribution is 2.15. The zero-order valence-electron chi connectivity index (χ0n) is 11.8. The lowest BCUT2D eigenvalue weighted by atomic mass is 10.1. The van der Waals surface area contributed by atoms with Crippen LogP contribution in [-0.2, 0) is 16.4 Å². The third-order valence-corrected chi connectivity index (χ3v) is 4.24. The number of aliphatic hydroxyl groups is 1. The van der Waals surface area contributed by atoms with Gasteiger partial charge in [0.25, 0.3) is 0 Å². The molecule has 0 aliphatic heterocycles. The molecule has 0 saturated heterocycles. The Labute approximate surface area is 124 Å². The summed E-state index contributed by atoms with van der Waals surface area (Å²) in [5.41, 5.74) is 0.689. The molecule has 1 aromatic heterocycles. The van der Waals surface area contributed by atoms with Crippen molar-refractivity contribution in [3.05, 3.63) is 48.3 Å². The third-order valence-electron chi connectivity index (χ3n) is 3.11. The maximum atomic E-state index is 11.4. The molecule has 2 aromatic rings. The molecule has 2 rings (SSSR count). The quantitative estimate of drug-likeness (QED) is 0.732. The van der Waals surface area contributed by atoms with Gasteiger partial charge in [0.1, 0.15) is 0 Å². The van der Waals surface area contributed by atoms with E-state index in [9.17, 15) is 13.5 Å². The summed E-state index contributed by atoms with van der Waals surface area (Å²) in [6, 6.07) is 8.15. The van der Waals surface area contributed by atoms with E-state index in [0.717, 1.165) is 12.8 Å². The molecule has 0 unspecified atom stereocenters. The second-order valence-electron chi connectivity index (χ2n) is 4.83. The molecule has 0 saturated carbocycles. The van der Waals surface area contributed by atoms with E-state index in [2.05, 4.69) is 10.4 Å². The van der Waals surface area contributed by atoms with E-state index in [1.165, 1.54) is 12.1 Å². The van der Waals surface area contributed by atoms with Crippen molar-refractivity contribution in [3.8, 4) is 0 Å². The lowest BCUT2D eigenvalue weighted by Gasteiger charge is -2.12. The zero-order valence-corrected chi connectivity index (χ0v) is 12.6. The van der Waals surface area contributed by atoms with Crippen LogP contribution in [0, 0.1) is 0 Å². The summed E-state index contributed by atoms with van der Waals surface area (Å²) in [4.78, 5) is 0.255. The topological polar surface area (TPSA) is 84.2 Å². The van der Waals surface area contributed by atoms with Gasteiger partial charge in [-0.1, -0.05) is 12.1 Å². The maximum Gasteiger partial charge on any atom is 0.175 e. The van der Waals surface area contributed by atoms with Gasteiger partial charge in [0, 0.05) is 31.7 Å². The Morgan fingerprint density at radius 1 is 1.33 bits per heavy atom. The molecule has 1 aromatic carbocycles. The fraction of sp³-hybridized carbons (Fsp3) is 0.357. The van der Waals surface area contributed by atoms with E-state index in [0.29, 0.717) is 18.7 Å². The van der Waals surface area contributed by atoms with Gasteiger partial charge in [0.2, 0.25) is 0 Å². The summed E-state index contributed by atoms with van der Waals surface area (Å²) in [5.74, 6) is 0. The number of aromatic nitrogens is 2. The van der Waals surface area contributed by atoms with Crippen LogP contribution < -0.4 is 5.32 Å². The van der Waals surface area contributed by atoms with Crippen LogP contribution in [0.15, 0.2) is 47.6 Å². The van der Waals surface area contributed by atoms with Crippen molar-refractivity contribution in [2.45, 2.75) is 17.5 Å². The number of hydrogen-bond acceptors (Lipinski definition) is 5. The van der Waals surface area contributed by atoms with Crippen LogP contribution in [0.3, 0.4) is 0 Å². The highest BCUT2D eigenvalue weighted by molar-refractivity contribution is 7.90. The first-order valence-corrected chi connectivity index (χ1v) is 8.52. The van der Waals surface area contributed by atoms with E-state index < -0.39 is 15.9 Å². The van der Waals surface area contributed by atoms with Crippen molar-refractivity contribution < 1.29 is 13.5 Å². The van der Waals surface area contributed by atoms with Crippen molar-refractivity contribution in [2.75, 3.05) is 19.3 Å². The summed E-state index contributed by atoms with van der Waals surface area (Å²) in [5, 5.41) is 17.3. The molecule has 0 bridgehead atoms. The molecule has 7 heteroatoms. The van der Waals surface area contributed by atoms with Gasteiger partial charge >= 0.3 is 0 Å². The maximum absolute atomic E-state index is 11.4. The number of sulfone groups is 1. The standard InChI is InChI=1S/C14H19N3O3S/c1-21(19,20)13-5-3-12(4-6-13)14(18)11-15-8-10-17-9-2-7-16-17/h2-7,9,14-15,18H,8,10-11H2,1H3/t14-/m0/s1. The van der Waals surface area contributed by atoms with E-state index in [1.54, 1.807) is 23.0 Å². The Balaban J connectivity index is 1.81. The molecule has 1 heterocycles. The van der Waals surface area contributed by atoms with Crippen molar-refractivity contribution in [3.63, 3.8) is 0 Å². The molecule has 0 aliphatic carbocycles. The first-order valence-electron chi connectivity index (χ1n) is 6.63. The van der Waals surface area contributed by atoms with Gasteiger partial charge in [-0.05, 0) is 23.8 Å². The third kappa shape index (κ3) is 4.66. The molecule has 0 spiro atoms. The number of rotatable bonds is 7. The van der Waals surface area contributed by atoms with Crippen molar-refractivity contribution in [2.24, 2.45) is 0 Å². The zero-order chi connectivity index (χ0) is 15.3. The van der Waals surface area contributed by atoms with Gasteiger partial charge in [-0.15, -0.1) is 0 Å². The number of nitrogens with zero attached hydrogens (tertiary/aromatic N) is 2. The predicted octanol–water partition coefficient (Wildman–Crippen LogP) is 0.610. The van der Waals surface area contributed by atoms with E-state index in [1.807, 2.05) is 12.3 Å². The van der Waals surface area contributed by atoms with Crippen LogP contribution in [0.2, 0.25) is 0 Å². The highest BCUT2D eigenvalue weighted by Gasteiger charge is 2.10. The molecular formula is C14H19N3O3S. The summed E-state index contributed by atoms with van der Waals surface area (Å²) in [6.45, 7) is 1.83. The predicted molar refractivity (Wildman–Crippen MR) is 79.6 cm³/mol. The molecule has 0 aliphatic rings. The molecule has 6 nitrogen and oxygen atoms in total. The Hall–Kier alpha value is -1.70. The first kappa shape index (κ1) is 15.7. The molecule has 0 amide bonds. The molecule has 0 fully saturated rings. The fourth-order valence-electron chi connectivity index (χ4n) is 1.92. The second-order valence-corrected chi connectivity index (χ2v) is 6.85. The molecule has 2 N–H and O–H groups in total. The number of aliphatic hydroxyl groups excluding tert-OH is 1. The lowest BCUT2D eigenvalue weighted by molar-refractivity contribution is 0.174. The summed E-state index contributed by atoms with van der Waals surface area (Å²) in [6.07, 6.45) is 4.09. The molecular weight excluding hydrogens is 290 g/mol. The SMILES string of the molecule is CS(=O)(=O)c1ccc([C@@H](O)CNCCn2cccn2)cc1. The van der Waals surface area contributed by atoms with Gasteiger partial charge in [-0.2, -0.15) is 5.10 Å². The van der Waals surface area contributed by atoms with E-state index in [4.69, 9.17) is 0 Å². The van der Waals surface area contributed by atoms with Crippen LogP contribution >= 0.6 is 0 Å². The van der Waals surface area contributed by atoms with Gasteiger partial charge in [-0.25, -0.2) is 8.42 Å². The lowest BCUT2D eigenvalue weighted by Crippen LogP contribution is -2.25. The first-order chi connectivity index (χ1) is 9.97. The molecule has 0 radical (unpaired) electrons. The van der Waals surface area contributed by atoms with Crippen LogP contribution in [0.1, 0.15) is 11.7 Å². The van der Waals surface area contributed by atoms with E-state index in [-0.39, 0.29) is 4.90 Å². The fourth-order valence-corrected chi connectivity index (χ4v) is 2.55. The Bertz CT molecular complexity index is 651.